The molecule has 4 heteroatoms. The zero-order chi connectivity index (χ0) is 10.9. The van der Waals surface area contributed by atoms with Crippen LogP contribution in [0, 0.1) is 0 Å². The van der Waals surface area contributed by atoms with E-state index in [2.05, 4.69) is 28.6 Å². The fraction of sp³-hybridized carbons (Fsp3) is 0.818. The molecule has 4 nitrogen and oxygen atoms in total. The molecular weight excluding hydrogens is 188 g/mol. The second-order valence-electron chi connectivity index (χ2n) is 5.13. The summed E-state index contributed by atoms with van der Waals surface area (Å²) in [5, 5.41) is 8.49. The quantitative estimate of drug-likeness (QED) is 0.814. The first-order valence-corrected chi connectivity index (χ1v) is 5.76. The van der Waals surface area contributed by atoms with Crippen molar-refractivity contribution >= 4 is 0 Å². The summed E-state index contributed by atoms with van der Waals surface area (Å²) in [5.41, 5.74) is 5.86. The summed E-state index contributed by atoms with van der Waals surface area (Å²) >= 11 is 0. The van der Waals surface area contributed by atoms with Gasteiger partial charge in [-0.15, -0.1) is 10.2 Å². The molecule has 0 unspecified atom stereocenters. The Kier molecular flexibility index (Phi) is 2.78. The molecule has 0 bridgehead atoms. The van der Waals surface area contributed by atoms with Gasteiger partial charge >= 0.3 is 0 Å². The Morgan fingerprint density at radius 1 is 1.33 bits per heavy atom. The van der Waals surface area contributed by atoms with Crippen LogP contribution in [0.15, 0.2) is 0 Å². The average Bonchev–Trinajstić information content (AvgIpc) is 2.57. The normalized spacial score (nSPS) is 16.5. The van der Waals surface area contributed by atoms with E-state index in [1.54, 1.807) is 0 Å². The highest BCUT2D eigenvalue weighted by Gasteiger charge is 2.18. The third kappa shape index (κ3) is 2.56. The van der Waals surface area contributed by atoms with E-state index in [0.717, 1.165) is 37.5 Å². The molecule has 2 heterocycles. The molecule has 0 saturated carbocycles. The first-order chi connectivity index (χ1) is 7.06. The molecule has 0 aliphatic carbocycles. The molecule has 0 spiro atoms. The van der Waals surface area contributed by atoms with Gasteiger partial charge in [0.25, 0.3) is 0 Å². The van der Waals surface area contributed by atoms with Gasteiger partial charge in [-0.05, 0) is 33.1 Å². The summed E-state index contributed by atoms with van der Waals surface area (Å²) in [7, 11) is 0. The van der Waals surface area contributed by atoms with Crippen molar-refractivity contribution in [2.75, 3.05) is 0 Å². The maximum Gasteiger partial charge on any atom is 0.133 e. The Hall–Kier alpha value is -0.900. The van der Waals surface area contributed by atoms with Gasteiger partial charge < -0.3 is 10.3 Å². The van der Waals surface area contributed by atoms with Gasteiger partial charge in [0.05, 0.1) is 0 Å². The van der Waals surface area contributed by atoms with Gasteiger partial charge in [-0.2, -0.15) is 0 Å². The average molecular weight is 208 g/mol. The molecule has 1 aliphatic heterocycles. The minimum Gasteiger partial charge on any atom is -0.326 e. The minimum absolute atomic E-state index is 0.110. The Morgan fingerprint density at radius 3 is 2.87 bits per heavy atom. The van der Waals surface area contributed by atoms with Gasteiger partial charge in [0, 0.05) is 24.9 Å². The second-order valence-corrected chi connectivity index (χ2v) is 5.13. The molecule has 2 N–H and O–H groups in total. The van der Waals surface area contributed by atoms with E-state index in [-0.39, 0.29) is 5.54 Å². The molecule has 0 aromatic carbocycles. The zero-order valence-corrected chi connectivity index (χ0v) is 9.66. The summed E-state index contributed by atoms with van der Waals surface area (Å²) in [4.78, 5) is 0. The van der Waals surface area contributed by atoms with E-state index in [9.17, 15) is 0 Å². The summed E-state index contributed by atoms with van der Waals surface area (Å²) < 4.78 is 2.27. The summed E-state index contributed by atoms with van der Waals surface area (Å²) in [6.07, 6.45) is 5.49. The Bertz CT molecular complexity index is 335. The van der Waals surface area contributed by atoms with Crippen LogP contribution < -0.4 is 5.73 Å². The van der Waals surface area contributed by atoms with Crippen molar-refractivity contribution in [1.82, 2.24) is 14.8 Å². The molecule has 1 aromatic rings. The molecule has 15 heavy (non-hydrogen) atoms. The maximum atomic E-state index is 5.97. The number of nitrogens with two attached hydrogens (primary N) is 1. The van der Waals surface area contributed by atoms with Crippen LogP contribution in [0.1, 0.15) is 44.8 Å². The third-order valence-corrected chi connectivity index (χ3v) is 2.93. The monoisotopic (exact) mass is 208 g/mol. The van der Waals surface area contributed by atoms with Gasteiger partial charge in [-0.25, -0.2) is 0 Å². The van der Waals surface area contributed by atoms with E-state index in [0.29, 0.717) is 0 Å². The maximum absolute atomic E-state index is 5.97. The summed E-state index contributed by atoms with van der Waals surface area (Å²) in [6, 6.07) is 0. The first kappa shape index (κ1) is 10.6. The predicted molar refractivity (Wildman–Crippen MR) is 59.5 cm³/mol. The van der Waals surface area contributed by atoms with E-state index >= 15 is 0 Å². The molecule has 0 atom stereocenters. The number of hydrogen-bond donors (Lipinski definition) is 1. The highest BCUT2D eigenvalue weighted by atomic mass is 15.3. The van der Waals surface area contributed by atoms with Crippen LogP contribution in [0.2, 0.25) is 0 Å². The first-order valence-electron chi connectivity index (χ1n) is 5.76. The highest BCUT2D eigenvalue weighted by Crippen LogP contribution is 2.16. The van der Waals surface area contributed by atoms with Gasteiger partial charge in [-0.1, -0.05) is 0 Å². The topological polar surface area (TPSA) is 56.7 Å². The van der Waals surface area contributed by atoms with Crippen LogP contribution >= 0.6 is 0 Å². The van der Waals surface area contributed by atoms with Crippen molar-refractivity contribution in [2.45, 2.75) is 58.0 Å². The number of aromatic nitrogens is 3. The second kappa shape index (κ2) is 3.93. The number of rotatable bonds is 3. The minimum atomic E-state index is -0.110. The van der Waals surface area contributed by atoms with Crippen molar-refractivity contribution in [3.8, 4) is 0 Å². The van der Waals surface area contributed by atoms with Crippen LogP contribution in [0.5, 0.6) is 0 Å². The molecule has 0 saturated heterocycles. The Labute approximate surface area is 90.9 Å². The lowest BCUT2D eigenvalue weighted by atomic mass is 10.00. The van der Waals surface area contributed by atoms with Gasteiger partial charge in [0.2, 0.25) is 0 Å². The molecule has 1 aliphatic rings. The molecule has 0 radical (unpaired) electrons. The van der Waals surface area contributed by atoms with Gasteiger partial charge in [0.15, 0.2) is 0 Å². The lowest BCUT2D eigenvalue weighted by Crippen LogP contribution is -2.32. The SMILES string of the molecule is CC(C)(N)CCc1nnc2n1CCCC2. The largest absolute Gasteiger partial charge is 0.326 e. The lowest BCUT2D eigenvalue weighted by Gasteiger charge is -2.19. The zero-order valence-electron chi connectivity index (χ0n) is 9.66. The van der Waals surface area contributed by atoms with Crippen molar-refractivity contribution in [3.63, 3.8) is 0 Å². The predicted octanol–water partition coefficient (Wildman–Crippen LogP) is 1.28. The van der Waals surface area contributed by atoms with Crippen molar-refractivity contribution in [2.24, 2.45) is 5.73 Å². The van der Waals surface area contributed by atoms with E-state index in [1.807, 2.05) is 0 Å². The lowest BCUT2D eigenvalue weighted by molar-refractivity contribution is 0.452. The Balaban J connectivity index is 2.06. The molecule has 1 aromatic heterocycles. The summed E-state index contributed by atoms with van der Waals surface area (Å²) in [6.45, 7) is 5.20. The molecule has 84 valence electrons. The highest BCUT2D eigenvalue weighted by molar-refractivity contribution is 4.99. The molecular formula is C11H20N4. The third-order valence-electron chi connectivity index (χ3n) is 2.93. The number of aryl methyl sites for hydroxylation is 2. The number of hydrogen-bond acceptors (Lipinski definition) is 3. The molecule has 2 rings (SSSR count). The van der Waals surface area contributed by atoms with Crippen molar-refractivity contribution < 1.29 is 0 Å². The van der Waals surface area contributed by atoms with Crippen LogP contribution in [-0.4, -0.2) is 20.3 Å². The molecule has 0 amide bonds. The van der Waals surface area contributed by atoms with Gasteiger partial charge in [0.1, 0.15) is 11.6 Å². The van der Waals surface area contributed by atoms with Crippen molar-refractivity contribution in [3.05, 3.63) is 11.6 Å². The standard InChI is InChI=1S/C11H20N4/c1-11(2,12)7-6-10-14-13-9-5-3-4-8-15(9)10/h3-8,12H2,1-2H3. The number of fused-ring (bicyclic) bond motifs is 1. The van der Waals surface area contributed by atoms with Crippen LogP contribution in [0.3, 0.4) is 0 Å². The van der Waals surface area contributed by atoms with Crippen molar-refractivity contribution in [1.29, 1.82) is 0 Å². The smallest absolute Gasteiger partial charge is 0.133 e. The molecule has 0 fully saturated rings. The fourth-order valence-corrected chi connectivity index (χ4v) is 1.99. The van der Waals surface area contributed by atoms with E-state index in [1.165, 1.54) is 12.8 Å². The summed E-state index contributed by atoms with van der Waals surface area (Å²) in [5.74, 6) is 2.27. The van der Waals surface area contributed by atoms with Crippen LogP contribution in [0.25, 0.3) is 0 Å². The van der Waals surface area contributed by atoms with Crippen LogP contribution in [-0.2, 0) is 19.4 Å². The number of nitrogens with zero attached hydrogens (tertiary/aromatic N) is 3. The fourth-order valence-electron chi connectivity index (χ4n) is 1.99. The van der Waals surface area contributed by atoms with Crippen LogP contribution in [0.4, 0.5) is 0 Å². The Morgan fingerprint density at radius 2 is 2.13 bits per heavy atom. The van der Waals surface area contributed by atoms with E-state index < -0.39 is 0 Å². The van der Waals surface area contributed by atoms with Gasteiger partial charge in [-0.3, -0.25) is 0 Å². The van der Waals surface area contributed by atoms with E-state index in [4.69, 9.17) is 5.73 Å².